The average molecular weight is 311 g/mol. The number of benzene rings is 2. The lowest BCUT2D eigenvalue weighted by molar-refractivity contribution is -0.118. The lowest BCUT2D eigenvalue weighted by Crippen LogP contribution is -2.20. The van der Waals surface area contributed by atoms with Gasteiger partial charge in [-0.1, -0.05) is 23.2 Å². The third-order valence-corrected chi connectivity index (χ3v) is 2.95. The Morgan fingerprint density at radius 1 is 1.10 bits per heavy atom. The van der Waals surface area contributed by atoms with E-state index in [1.165, 1.54) is 0 Å². The number of carbonyl (C=O) groups excluding carboxylic acids is 1. The Balaban J connectivity index is 1.92. The van der Waals surface area contributed by atoms with Crippen LogP contribution in [0.4, 0.5) is 11.4 Å². The number of carbonyl (C=O) groups is 1. The molecule has 0 heterocycles. The topological polar surface area (TPSA) is 64.3 Å². The normalized spacial score (nSPS) is 10.1. The first-order valence-electron chi connectivity index (χ1n) is 5.78. The summed E-state index contributed by atoms with van der Waals surface area (Å²) in [7, 11) is 0. The van der Waals surface area contributed by atoms with Crippen molar-refractivity contribution in [2.75, 3.05) is 17.7 Å². The minimum Gasteiger partial charge on any atom is -0.482 e. The second kappa shape index (κ2) is 6.50. The lowest BCUT2D eigenvalue weighted by Gasteiger charge is -2.09. The molecule has 0 bridgehead atoms. The van der Waals surface area contributed by atoms with E-state index in [9.17, 15) is 4.79 Å². The van der Waals surface area contributed by atoms with Gasteiger partial charge in [0.1, 0.15) is 5.75 Å². The van der Waals surface area contributed by atoms with E-state index < -0.39 is 0 Å². The maximum absolute atomic E-state index is 11.7. The van der Waals surface area contributed by atoms with E-state index in [0.29, 0.717) is 27.2 Å². The van der Waals surface area contributed by atoms with Crippen LogP contribution in [0.3, 0.4) is 0 Å². The molecule has 1 amide bonds. The van der Waals surface area contributed by atoms with E-state index >= 15 is 0 Å². The molecule has 4 nitrogen and oxygen atoms in total. The van der Waals surface area contributed by atoms with Crippen LogP contribution >= 0.6 is 23.2 Å². The molecule has 0 aromatic heterocycles. The quantitative estimate of drug-likeness (QED) is 0.848. The molecular formula is C14H12Cl2N2O2. The second-order valence-electron chi connectivity index (χ2n) is 4.03. The fourth-order valence-corrected chi connectivity index (χ4v) is 1.79. The summed E-state index contributed by atoms with van der Waals surface area (Å²) >= 11 is 11.6. The maximum Gasteiger partial charge on any atom is 0.262 e. The fourth-order valence-electron chi connectivity index (χ4n) is 1.51. The van der Waals surface area contributed by atoms with Crippen molar-refractivity contribution in [3.05, 3.63) is 52.5 Å². The van der Waals surface area contributed by atoms with Crippen molar-refractivity contribution in [1.29, 1.82) is 0 Å². The smallest absolute Gasteiger partial charge is 0.262 e. The van der Waals surface area contributed by atoms with Crippen molar-refractivity contribution < 1.29 is 9.53 Å². The first-order chi connectivity index (χ1) is 9.54. The molecule has 0 aliphatic carbocycles. The summed E-state index contributed by atoms with van der Waals surface area (Å²) in [5.41, 5.74) is 6.78. The number of hydrogen-bond acceptors (Lipinski definition) is 3. The molecule has 3 N–H and O–H groups in total. The van der Waals surface area contributed by atoms with Crippen LogP contribution in [0.15, 0.2) is 42.5 Å². The molecule has 0 saturated heterocycles. The summed E-state index contributed by atoms with van der Waals surface area (Å²) < 4.78 is 5.33. The van der Waals surface area contributed by atoms with Gasteiger partial charge in [0.25, 0.3) is 5.91 Å². The van der Waals surface area contributed by atoms with Crippen molar-refractivity contribution in [3.63, 3.8) is 0 Å². The van der Waals surface area contributed by atoms with Gasteiger partial charge >= 0.3 is 0 Å². The Kier molecular flexibility index (Phi) is 4.71. The van der Waals surface area contributed by atoms with E-state index in [-0.39, 0.29) is 12.5 Å². The summed E-state index contributed by atoms with van der Waals surface area (Å²) in [6, 6.07) is 11.6. The van der Waals surface area contributed by atoms with Crippen molar-refractivity contribution in [3.8, 4) is 5.75 Å². The minimum absolute atomic E-state index is 0.160. The molecular weight excluding hydrogens is 299 g/mol. The largest absolute Gasteiger partial charge is 0.482 e. The molecule has 0 unspecified atom stereocenters. The van der Waals surface area contributed by atoms with E-state index in [1.807, 2.05) is 0 Å². The highest BCUT2D eigenvalue weighted by Gasteiger charge is 2.06. The third-order valence-electron chi connectivity index (χ3n) is 2.46. The van der Waals surface area contributed by atoms with Crippen LogP contribution in [0.2, 0.25) is 10.0 Å². The molecule has 0 saturated carbocycles. The highest BCUT2D eigenvalue weighted by molar-refractivity contribution is 6.31. The number of nitrogens with one attached hydrogen (secondary N) is 1. The van der Waals surface area contributed by atoms with E-state index in [1.54, 1.807) is 42.5 Å². The standard InChI is InChI=1S/C14H12Cl2N2O2/c15-9-1-4-11(5-2-9)18-14(19)8-20-13-7-10(16)3-6-12(13)17/h1-7H,8,17H2,(H,18,19). The van der Waals surface area contributed by atoms with Gasteiger partial charge in [0.2, 0.25) is 0 Å². The molecule has 0 atom stereocenters. The molecule has 0 aliphatic heterocycles. The average Bonchev–Trinajstić information content (AvgIpc) is 2.42. The van der Waals surface area contributed by atoms with Crippen LogP contribution in [0.1, 0.15) is 0 Å². The Hall–Kier alpha value is -1.91. The molecule has 0 radical (unpaired) electrons. The molecule has 0 aliphatic rings. The van der Waals surface area contributed by atoms with E-state index in [4.69, 9.17) is 33.7 Å². The van der Waals surface area contributed by atoms with Gasteiger partial charge in [-0.3, -0.25) is 4.79 Å². The lowest BCUT2D eigenvalue weighted by atomic mass is 10.3. The van der Waals surface area contributed by atoms with E-state index in [0.717, 1.165) is 0 Å². The molecule has 2 rings (SSSR count). The Morgan fingerprint density at radius 3 is 2.45 bits per heavy atom. The predicted octanol–water partition coefficient (Wildman–Crippen LogP) is 3.59. The van der Waals surface area contributed by atoms with Crippen LogP contribution in [-0.2, 0) is 4.79 Å². The molecule has 20 heavy (non-hydrogen) atoms. The monoisotopic (exact) mass is 310 g/mol. The Bertz CT molecular complexity index is 615. The number of hydrogen-bond donors (Lipinski definition) is 2. The van der Waals surface area contributed by atoms with Gasteiger partial charge in [0.05, 0.1) is 5.69 Å². The van der Waals surface area contributed by atoms with Gasteiger partial charge in [0.15, 0.2) is 6.61 Å². The van der Waals surface area contributed by atoms with Gasteiger partial charge < -0.3 is 15.8 Å². The fraction of sp³-hybridized carbons (Fsp3) is 0.0714. The number of nitrogens with two attached hydrogens (primary N) is 1. The van der Waals surface area contributed by atoms with Gasteiger partial charge in [-0.2, -0.15) is 0 Å². The first kappa shape index (κ1) is 14.5. The van der Waals surface area contributed by atoms with Crippen molar-refractivity contribution >= 4 is 40.5 Å². The van der Waals surface area contributed by atoms with Crippen LogP contribution in [0, 0.1) is 0 Å². The van der Waals surface area contributed by atoms with Crippen LogP contribution < -0.4 is 15.8 Å². The first-order valence-corrected chi connectivity index (χ1v) is 6.53. The Labute approximate surface area is 126 Å². The second-order valence-corrected chi connectivity index (χ2v) is 4.90. The highest BCUT2D eigenvalue weighted by Crippen LogP contribution is 2.25. The molecule has 6 heteroatoms. The van der Waals surface area contributed by atoms with Crippen LogP contribution in [0.5, 0.6) is 5.75 Å². The maximum atomic E-state index is 11.7. The summed E-state index contributed by atoms with van der Waals surface area (Å²) in [6.07, 6.45) is 0. The molecule has 2 aromatic rings. The zero-order chi connectivity index (χ0) is 14.5. The zero-order valence-corrected chi connectivity index (χ0v) is 11.9. The van der Waals surface area contributed by atoms with Crippen molar-refractivity contribution in [1.82, 2.24) is 0 Å². The number of rotatable bonds is 4. The van der Waals surface area contributed by atoms with Gasteiger partial charge in [-0.25, -0.2) is 0 Å². The Morgan fingerprint density at radius 2 is 1.75 bits per heavy atom. The van der Waals surface area contributed by atoms with Crippen LogP contribution in [0.25, 0.3) is 0 Å². The summed E-state index contributed by atoms with van der Waals surface area (Å²) in [4.78, 5) is 11.7. The van der Waals surface area contributed by atoms with Gasteiger partial charge in [0, 0.05) is 21.8 Å². The number of nitrogen functional groups attached to an aromatic ring is 1. The van der Waals surface area contributed by atoms with Crippen LogP contribution in [-0.4, -0.2) is 12.5 Å². The van der Waals surface area contributed by atoms with E-state index in [2.05, 4.69) is 5.32 Å². The van der Waals surface area contributed by atoms with Crippen molar-refractivity contribution in [2.24, 2.45) is 0 Å². The summed E-state index contributed by atoms with van der Waals surface area (Å²) in [6.45, 7) is -0.160. The number of anilines is 2. The van der Waals surface area contributed by atoms with Gasteiger partial charge in [-0.15, -0.1) is 0 Å². The van der Waals surface area contributed by atoms with Crippen molar-refractivity contribution in [2.45, 2.75) is 0 Å². The van der Waals surface area contributed by atoms with Gasteiger partial charge in [-0.05, 0) is 36.4 Å². The summed E-state index contributed by atoms with van der Waals surface area (Å²) in [5.74, 6) is 0.0791. The molecule has 0 fully saturated rings. The number of ether oxygens (including phenoxy) is 1. The molecule has 0 spiro atoms. The zero-order valence-electron chi connectivity index (χ0n) is 10.4. The predicted molar refractivity (Wildman–Crippen MR) is 81.4 cm³/mol. The third kappa shape index (κ3) is 4.05. The number of halogens is 2. The highest BCUT2D eigenvalue weighted by atomic mass is 35.5. The SMILES string of the molecule is Nc1ccc(Cl)cc1OCC(=O)Nc1ccc(Cl)cc1. The minimum atomic E-state index is -0.299. The summed E-state index contributed by atoms with van der Waals surface area (Å²) in [5, 5.41) is 3.77. The number of amides is 1. The molecule has 104 valence electrons. The molecule has 2 aromatic carbocycles.